The van der Waals surface area contributed by atoms with E-state index in [1.165, 1.54) is 17.0 Å². The molecular weight excluding hydrogens is 390 g/mol. The van der Waals surface area contributed by atoms with Gasteiger partial charge in [-0.1, -0.05) is 0 Å². The van der Waals surface area contributed by atoms with Gasteiger partial charge in [-0.3, -0.25) is 9.67 Å². The van der Waals surface area contributed by atoms with E-state index in [2.05, 4.69) is 15.4 Å². The van der Waals surface area contributed by atoms with Crippen molar-refractivity contribution in [3.8, 4) is 11.3 Å². The van der Waals surface area contributed by atoms with Gasteiger partial charge in [-0.05, 0) is 19.1 Å². The zero-order valence-electron chi connectivity index (χ0n) is 15.2. The van der Waals surface area contributed by atoms with Crippen LogP contribution in [0.1, 0.15) is 12.6 Å². The summed E-state index contributed by atoms with van der Waals surface area (Å²) in [5.74, 6) is -4.86. The summed E-state index contributed by atoms with van der Waals surface area (Å²) in [6.45, 7) is 2.33. The number of nitrogens with zero attached hydrogens (tertiary/aromatic N) is 4. The maximum Gasteiger partial charge on any atom is 0.322 e. The highest BCUT2D eigenvalue weighted by Gasteiger charge is 2.30. The Morgan fingerprint density at radius 2 is 1.86 bits per heavy atom. The van der Waals surface area contributed by atoms with E-state index < -0.39 is 29.3 Å². The number of fused-ring (bicyclic) bond motifs is 1. The molecule has 3 aromatic rings. The fraction of sp³-hybridized carbons (Fsp3) is 0.211. The topological polar surface area (TPSA) is 63.1 Å². The molecule has 1 aliphatic heterocycles. The van der Waals surface area contributed by atoms with Crippen molar-refractivity contribution in [2.24, 2.45) is 0 Å². The molecule has 0 radical (unpaired) electrons. The van der Waals surface area contributed by atoms with Gasteiger partial charge in [0.1, 0.15) is 5.82 Å². The molecule has 0 fully saturated rings. The van der Waals surface area contributed by atoms with E-state index in [0.29, 0.717) is 35.6 Å². The van der Waals surface area contributed by atoms with Gasteiger partial charge >= 0.3 is 6.03 Å². The summed E-state index contributed by atoms with van der Waals surface area (Å²) in [7, 11) is 0. The zero-order valence-corrected chi connectivity index (χ0v) is 15.2. The van der Waals surface area contributed by atoms with Gasteiger partial charge in [-0.25, -0.2) is 22.4 Å². The first-order chi connectivity index (χ1) is 13.8. The molecule has 2 amide bonds. The molecule has 0 saturated carbocycles. The number of aromatic nitrogens is 3. The fourth-order valence-corrected chi connectivity index (χ4v) is 3.24. The molecule has 6 nitrogen and oxygen atoms in total. The maximum atomic E-state index is 13.4. The molecule has 3 heterocycles. The summed E-state index contributed by atoms with van der Waals surface area (Å²) >= 11 is 0. The molecule has 150 valence electrons. The molecule has 29 heavy (non-hydrogen) atoms. The average molecular weight is 405 g/mol. The summed E-state index contributed by atoms with van der Waals surface area (Å²) in [5.41, 5.74) is 1.64. The lowest BCUT2D eigenvalue weighted by atomic mass is 10.1. The molecular formula is C19H15F4N5O. The Morgan fingerprint density at radius 1 is 1.14 bits per heavy atom. The minimum absolute atomic E-state index is 0.146. The second-order valence-electron chi connectivity index (χ2n) is 6.71. The highest BCUT2D eigenvalue weighted by Crippen LogP contribution is 2.28. The quantitative estimate of drug-likeness (QED) is 0.519. The summed E-state index contributed by atoms with van der Waals surface area (Å²) in [5, 5.41) is 6.69. The molecule has 0 bridgehead atoms. The predicted molar refractivity (Wildman–Crippen MR) is 95.8 cm³/mol. The van der Waals surface area contributed by atoms with E-state index in [9.17, 15) is 22.4 Å². The summed E-state index contributed by atoms with van der Waals surface area (Å²) in [6.07, 6.45) is 2.68. The van der Waals surface area contributed by atoms with Crippen LogP contribution in [0.15, 0.2) is 36.7 Å². The Bertz CT molecular complexity index is 1060. The van der Waals surface area contributed by atoms with Crippen molar-refractivity contribution in [3.05, 3.63) is 65.6 Å². The standard InChI is InChI=1S/C19H15F4N5O/c1-10-8-28-17(13(7-25-28)16-3-2-11(20)6-24-16)9-27(10)19(29)26-12-4-14(21)18(23)15(22)5-12/h2-7,10H,8-9H2,1H3,(H,26,29)/t10-/m0/s1. The Hall–Kier alpha value is -3.43. The molecule has 0 spiro atoms. The average Bonchev–Trinajstić information content (AvgIpc) is 3.08. The first-order valence-electron chi connectivity index (χ1n) is 8.72. The van der Waals surface area contributed by atoms with E-state index in [0.717, 1.165) is 6.20 Å². The van der Waals surface area contributed by atoms with Gasteiger partial charge in [-0.2, -0.15) is 5.10 Å². The minimum atomic E-state index is -1.60. The number of carbonyl (C=O) groups is 1. The third kappa shape index (κ3) is 3.53. The molecule has 1 aliphatic rings. The number of anilines is 1. The number of amides is 2. The largest absolute Gasteiger partial charge is 0.322 e. The predicted octanol–water partition coefficient (Wildman–Crippen LogP) is 3.94. The second kappa shape index (κ2) is 7.19. The zero-order chi connectivity index (χ0) is 20.7. The van der Waals surface area contributed by atoms with Gasteiger partial charge in [0.25, 0.3) is 0 Å². The minimum Gasteiger partial charge on any atom is -0.314 e. The Morgan fingerprint density at radius 3 is 2.52 bits per heavy atom. The van der Waals surface area contributed by atoms with Crippen molar-refractivity contribution in [2.45, 2.75) is 26.1 Å². The number of carbonyl (C=O) groups excluding carboxylic acids is 1. The van der Waals surface area contributed by atoms with Crippen LogP contribution in [0.2, 0.25) is 0 Å². The molecule has 0 saturated heterocycles. The van der Waals surface area contributed by atoms with Crippen LogP contribution in [0.3, 0.4) is 0 Å². The first-order valence-corrected chi connectivity index (χ1v) is 8.72. The monoisotopic (exact) mass is 405 g/mol. The van der Waals surface area contributed by atoms with Crippen LogP contribution in [0.25, 0.3) is 11.3 Å². The Kier molecular flexibility index (Phi) is 4.69. The van der Waals surface area contributed by atoms with E-state index >= 15 is 0 Å². The SMILES string of the molecule is C[C@H]1Cn2ncc(-c3ccc(F)cn3)c2CN1C(=O)Nc1cc(F)c(F)c(F)c1. The number of nitrogens with one attached hydrogen (secondary N) is 1. The summed E-state index contributed by atoms with van der Waals surface area (Å²) < 4.78 is 54.8. The van der Waals surface area contributed by atoms with Crippen LogP contribution < -0.4 is 5.32 Å². The highest BCUT2D eigenvalue weighted by molar-refractivity contribution is 5.89. The number of hydrogen-bond acceptors (Lipinski definition) is 3. The lowest BCUT2D eigenvalue weighted by Gasteiger charge is -2.34. The van der Waals surface area contributed by atoms with Crippen LogP contribution in [0.5, 0.6) is 0 Å². The van der Waals surface area contributed by atoms with Crippen LogP contribution in [0, 0.1) is 23.3 Å². The third-order valence-corrected chi connectivity index (χ3v) is 4.74. The van der Waals surface area contributed by atoms with E-state index in [-0.39, 0.29) is 18.3 Å². The van der Waals surface area contributed by atoms with Crippen molar-refractivity contribution >= 4 is 11.7 Å². The van der Waals surface area contributed by atoms with E-state index in [1.807, 2.05) is 0 Å². The molecule has 4 rings (SSSR count). The fourth-order valence-electron chi connectivity index (χ4n) is 3.24. The molecule has 0 unspecified atom stereocenters. The van der Waals surface area contributed by atoms with Crippen molar-refractivity contribution < 1.29 is 22.4 Å². The smallest absolute Gasteiger partial charge is 0.314 e. The molecule has 1 N–H and O–H groups in total. The van der Waals surface area contributed by atoms with Crippen molar-refractivity contribution in [2.75, 3.05) is 5.32 Å². The molecule has 1 aromatic carbocycles. The maximum absolute atomic E-state index is 13.4. The number of rotatable bonds is 2. The van der Waals surface area contributed by atoms with E-state index in [1.54, 1.807) is 17.8 Å². The number of hydrogen-bond donors (Lipinski definition) is 1. The van der Waals surface area contributed by atoms with Crippen LogP contribution in [-0.4, -0.2) is 31.7 Å². The highest BCUT2D eigenvalue weighted by atomic mass is 19.2. The van der Waals surface area contributed by atoms with Gasteiger partial charge in [0.05, 0.1) is 42.9 Å². The summed E-state index contributed by atoms with van der Waals surface area (Å²) in [4.78, 5) is 18.2. The van der Waals surface area contributed by atoms with Crippen LogP contribution in [0.4, 0.5) is 28.0 Å². The molecule has 2 aromatic heterocycles. The number of benzene rings is 1. The van der Waals surface area contributed by atoms with Gasteiger partial charge in [-0.15, -0.1) is 0 Å². The lowest BCUT2D eigenvalue weighted by Crippen LogP contribution is -2.47. The molecule has 1 atom stereocenters. The van der Waals surface area contributed by atoms with Crippen molar-refractivity contribution in [1.29, 1.82) is 0 Å². The lowest BCUT2D eigenvalue weighted by molar-refractivity contribution is 0.161. The third-order valence-electron chi connectivity index (χ3n) is 4.74. The van der Waals surface area contributed by atoms with Gasteiger partial charge in [0, 0.05) is 23.4 Å². The Balaban J connectivity index is 1.59. The number of pyridine rings is 1. The molecule has 10 heteroatoms. The molecule has 0 aliphatic carbocycles. The van der Waals surface area contributed by atoms with Crippen molar-refractivity contribution in [1.82, 2.24) is 19.7 Å². The van der Waals surface area contributed by atoms with Crippen LogP contribution >= 0.6 is 0 Å². The number of urea groups is 1. The first kappa shape index (κ1) is 18.9. The number of halogens is 4. The second-order valence-corrected chi connectivity index (χ2v) is 6.71. The Labute approximate surface area is 162 Å². The van der Waals surface area contributed by atoms with Gasteiger partial charge in [0.2, 0.25) is 0 Å². The van der Waals surface area contributed by atoms with E-state index in [4.69, 9.17) is 0 Å². The van der Waals surface area contributed by atoms with Crippen molar-refractivity contribution in [3.63, 3.8) is 0 Å². The normalized spacial score (nSPS) is 15.9. The van der Waals surface area contributed by atoms with Gasteiger partial charge in [0.15, 0.2) is 17.5 Å². The van der Waals surface area contributed by atoms with Crippen LogP contribution in [-0.2, 0) is 13.1 Å². The summed E-state index contributed by atoms with van der Waals surface area (Å²) in [6, 6.07) is 3.34. The van der Waals surface area contributed by atoms with Gasteiger partial charge < -0.3 is 10.2 Å².